The Morgan fingerprint density at radius 1 is 1.06 bits per heavy atom. The lowest BCUT2D eigenvalue weighted by atomic mass is 9.80. The van der Waals surface area contributed by atoms with Crippen LogP contribution in [0.25, 0.3) is 0 Å². The normalized spacial score (nSPS) is 21.9. The first-order valence-electron chi connectivity index (χ1n) is 9.54. The summed E-state index contributed by atoms with van der Waals surface area (Å²) in [5.74, 6) is -4.36. The SMILES string of the molecule is O=C(O)CS(=O)(=O)NC1CCC(c2cc(F)ccc2F)(S(=O)(=O)c2ccc(Cl)cc2)CC1. The molecule has 1 aliphatic rings. The van der Waals surface area contributed by atoms with E-state index in [1.54, 1.807) is 0 Å². The summed E-state index contributed by atoms with van der Waals surface area (Å²) in [6, 6.07) is 7.13. The van der Waals surface area contributed by atoms with Crippen LogP contribution < -0.4 is 4.72 Å². The van der Waals surface area contributed by atoms with Crippen LogP contribution in [0.1, 0.15) is 31.2 Å². The maximum absolute atomic E-state index is 14.8. The van der Waals surface area contributed by atoms with Crippen molar-refractivity contribution in [2.24, 2.45) is 0 Å². The number of aliphatic carboxylic acids is 1. The molecule has 2 aromatic rings. The Balaban J connectivity index is 2.02. The van der Waals surface area contributed by atoms with Crippen LogP contribution in [0.5, 0.6) is 0 Å². The second-order valence-electron chi connectivity index (χ2n) is 7.62. The van der Waals surface area contributed by atoms with E-state index in [4.69, 9.17) is 16.7 Å². The number of benzene rings is 2. The number of nitrogens with one attached hydrogen (secondary N) is 1. The van der Waals surface area contributed by atoms with Gasteiger partial charge in [0.1, 0.15) is 16.4 Å². The third-order valence-corrected chi connectivity index (χ3v) is 9.63. The Morgan fingerprint density at radius 3 is 2.22 bits per heavy atom. The van der Waals surface area contributed by atoms with Crippen molar-refractivity contribution < 1.29 is 35.5 Å². The number of carbonyl (C=O) groups is 1. The lowest BCUT2D eigenvalue weighted by molar-refractivity contribution is -0.134. The van der Waals surface area contributed by atoms with E-state index >= 15 is 0 Å². The number of sulfone groups is 1. The highest BCUT2D eigenvalue weighted by molar-refractivity contribution is 7.92. The van der Waals surface area contributed by atoms with Gasteiger partial charge < -0.3 is 5.11 Å². The van der Waals surface area contributed by atoms with Gasteiger partial charge in [-0.3, -0.25) is 4.79 Å². The van der Waals surface area contributed by atoms with Gasteiger partial charge in [0.2, 0.25) is 10.0 Å². The van der Waals surface area contributed by atoms with Gasteiger partial charge in [0.05, 0.1) is 4.90 Å². The molecule has 0 heterocycles. The highest BCUT2D eigenvalue weighted by Gasteiger charge is 2.50. The fourth-order valence-electron chi connectivity index (χ4n) is 4.03. The van der Waals surface area contributed by atoms with E-state index in [2.05, 4.69) is 4.72 Å². The molecule has 3 rings (SSSR count). The van der Waals surface area contributed by atoms with Gasteiger partial charge in [0.15, 0.2) is 15.6 Å². The largest absolute Gasteiger partial charge is 0.480 e. The maximum Gasteiger partial charge on any atom is 0.320 e. The predicted molar refractivity (Wildman–Crippen MR) is 113 cm³/mol. The molecule has 0 aliphatic heterocycles. The van der Waals surface area contributed by atoms with E-state index in [1.165, 1.54) is 24.3 Å². The fourth-order valence-corrected chi connectivity index (χ4v) is 7.47. The molecule has 0 radical (unpaired) electrons. The smallest absolute Gasteiger partial charge is 0.320 e. The van der Waals surface area contributed by atoms with Gasteiger partial charge in [-0.15, -0.1) is 0 Å². The zero-order valence-electron chi connectivity index (χ0n) is 16.6. The molecule has 1 fully saturated rings. The summed E-state index contributed by atoms with van der Waals surface area (Å²) in [6.45, 7) is 0. The molecule has 1 aliphatic carbocycles. The van der Waals surface area contributed by atoms with Crippen molar-refractivity contribution in [3.8, 4) is 0 Å². The van der Waals surface area contributed by atoms with E-state index in [0.29, 0.717) is 5.02 Å². The van der Waals surface area contributed by atoms with Crippen molar-refractivity contribution in [3.05, 3.63) is 64.7 Å². The summed E-state index contributed by atoms with van der Waals surface area (Å²) >= 11 is 5.85. The first-order valence-corrected chi connectivity index (χ1v) is 13.1. The van der Waals surface area contributed by atoms with Crippen molar-refractivity contribution in [1.82, 2.24) is 4.72 Å². The molecule has 0 unspecified atom stereocenters. The van der Waals surface area contributed by atoms with Crippen LogP contribution in [0.3, 0.4) is 0 Å². The first kappa shape index (κ1) is 24.6. The molecular weight excluding hydrogens is 488 g/mol. The average molecular weight is 508 g/mol. The third kappa shape index (κ3) is 4.95. The molecule has 0 atom stereocenters. The van der Waals surface area contributed by atoms with Gasteiger partial charge in [0.25, 0.3) is 0 Å². The summed E-state index contributed by atoms with van der Waals surface area (Å²) in [7, 11) is -8.39. The van der Waals surface area contributed by atoms with Crippen LogP contribution in [0.15, 0.2) is 47.4 Å². The van der Waals surface area contributed by atoms with Crippen LogP contribution in [0.2, 0.25) is 5.02 Å². The molecular formula is C20H20ClF2NO6S2. The Labute approximate surface area is 189 Å². The first-order chi connectivity index (χ1) is 14.9. The van der Waals surface area contributed by atoms with E-state index in [0.717, 1.165) is 18.2 Å². The number of hydrogen-bond donors (Lipinski definition) is 2. The molecule has 0 saturated heterocycles. The lowest BCUT2D eigenvalue weighted by Gasteiger charge is -2.40. The second kappa shape index (κ2) is 9.05. The van der Waals surface area contributed by atoms with Crippen molar-refractivity contribution in [3.63, 3.8) is 0 Å². The standard InChI is InChI=1S/C20H20ClF2NO6S2/c21-13-1-4-16(5-2-13)32(29,30)20(17-11-14(22)3-6-18(17)23)9-7-15(8-10-20)24-31(27,28)12-19(25)26/h1-6,11,15,24H,7-10,12H2,(H,25,26). The van der Waals surface area contributed by atoms with Crippen molar-refractivity contribution in [2.45, 2.75) is 41.4 Å². The van der Waals surface area contributed by atoms with Crippen LogP contribution in [0, 0.1) is 11.6 Å². The summed E-state index contributed by atoms with van der Waals surface area (Å²) in [6.07, 6.45) is -0.472. The van der Waals surface area contributed by atoms with Gasteiger partial charge >= 0.3 is 5.97 Å². The number of carboxylic acid groups (broad SMARTS) is 1. The molecule has 2 aromatic carbocycles. The Morgan fingerprint density at radius 2 is 1.66 bits per heavy atom. The fraction of sp³-hybridized carbons (Fsp3) is 0.350. The zero-order chi connectivity index (χ0) is 23.7. The maximum atomic E-state index is 14.8. The quantitative estimate of drug-likeness (QED) is 0.594. The molecule has 0 aromatic heterocycles. The highest BCUT2D eigenvalue weighted by atomic mass is 35.5. The summed E-state index contributed by atoms with van der Waals surface area (Å²) in [5.41, 5.74) is -0.334. The van der Waals surface area contributed by atoms with Crippen LogP contribution in [-0.4, -0.2) is 39.7 Å². The van der Waals surface area contributed by atoms with E-state index in [9.17, 15) is 30.4 Å². The Bertz CT molecular complexity index is 1230. The minimum Gasteiger partial charge on any atom is -0.480 e. The molecule has 0 amide bonds. The predicted octanol–water partition coefficient (Wildman–Crippen LogP) is 3.23. The van der Waals surface area contributed by atoms with Gasteiger partial charge in [-0.25, -0.2) is 30.3 Å². The van der Waals surface area contributed by atoms with Crippen LogP contribution in [-0.2, 0) is 29.4 Å². The molecule has 0 spiro atoms. The van der Waals surface area contributed by atoms with Crippen molar-refractivity contribution in [2.75, 3.05) is 5.75 Å². The Hall–Kier alpha value is -2.08. The van der Waals surface area contributed by atoms with Crippen molar-refractivity contribution in [1.29, 1.82) is 0 Å². The number of sulfonamides is 1. The van der Waals surface area contributed by atoms with E-state index in [1.807, 2.05) is 0 Å². The van der Waals surface area contributed by atoms with Gasteiger partial charge in [-0.1, -0.05) is 11.6 Å². The summed E-state index contributed by atoms with van der Waals surface area (Å²) in [4.78, 5) is 10.6. The average Bonchev–Trinajstić information content (AvgIpc) is 2.69. The van der Waals surface area contributed by atoms with Crippen molar-refractivity contribution >= 4 is 37.4 Å². The minimum atomic E-state index is -4.26. The zero-order valence-corrected chi connectivity index (χ0v) is 19.0. The van der Waals surface area contributed by atoms with Gasteiger partial charge in [0, 0.05) is 16.6 Å². The van der Waals surface area contributed by atoms with Gasteiger partial charge in [-0.2, -0.15) is 0 Å². The molecule has 174 valence electrons. The topological polar surface area (TPSA) is 118 Å². The number of carboxylic acids is 1. The summed E-state index contributed by atoms with van der Waals surface area (Å²) < 4.78 is 80.5. The molecule has 32 heavy (non-hydrogen) atoms. The van der Waals surface area contributed by atoms with E-state index in [-0.39, 0.29) is 36.1 Å². The van der Waals surface area contributed by atoms with Crippen LogP contribution in [0.4, 0.5) is 8.78 Å². The molecule has 1 saturated carbocycles. The molecule has 12 heteroatoms. The lowest BCUT2D eigenvalue weighted by Crippen LogP contribution is -2.47. The van der Waals surface area contributed by atoms with Crippen LogP contribution >= 0.6 is 11.6 Å². The van der Waals surface area contributed by atoms with E-state index < -0.39 is 54.0 Å². The molecule has 0 bridgehead atoms. The molecule has 2 N–H and O–H groups in total. The number of halogens is 3. The number of hydrogen-bond acceptors (Lipinski definition) is 5. The second-order valence-corrected chi connectivity index (χ2v) is 12.1. The highest BCUT2D eigenvalue weighted by Crippen LogP contribution is 2.48. The minimum absolute atomic E-state index is 0.0262. The van der Waals surface area contributed by atoms with Gasteiger partial charge in [-0.05, 0) is 68.1 Å². The third-order valence-electron chi connectivity index (χ3n) is 5.51. The summed E-state index contributed by atoms with van der Waals surface area (Å²) in [5, 5.41) is 9.03. The Kier molecular flexibility index (Phi) is 6.94. The number of rotatable bonds is 7. The molecule has 7 nitrogen and oxygen atoms in total. The monoisotopic (exact) mass is 507 g/mol.